The van der Waals surface area contributed by atoms with Crippen LogP contribution in [0, 0.1) is 0 Å². The smallest absolute Gasteiger partial charge is 0.140 e. The Morgan fingerprint density at radius 3 is 2.65 bits per heavy atom. The van der Waals surface area contributed by atoms with Crippen LogP contribution in [-0.2, 0) is 4.79 Å². The first-order valence-electron chi connectivity index (χ1n) is 8.98. The van der Waals surface area contributed by atoms with Gasteiger partial charge in [-0.15, -0.1) is 0 Å². The zero-order valence-corrected chi connectivity index (χ0v) is 14.0. The summed E-state index contributed by atoms with van der Waals surface area (Å²) in [5.74, 6) is 1.42. The minimum Gasteiger partial charge on any atom is -0.493 e. The largest absolute Gasteiger partial charge is 0.493 e. The van der Waals surface area contributed by atoms with Crippen LogP contribution in [0.3, 0.4) is 0 Å². The number of hydrogen-bond acceptors (Lipinski definition) is 2. The van der Waals surface area contributed by atoms with Gasteiger partial charge in [0, 0.05) is 17.7 Å². The van der Waals surface area contributed by atoms with E-state index in [-0.39, 0.29) is 5.92 Å². The van der Waals surface area contributed by atoms with E-state index in [2.05, 4.69) is 37.3 Å². The van der Waals surface area contributed by atoms with Gasteiger partial charge in [-0.05, 0) is 36.3 Å². The molecule has 0 saturated heterocycles. The second-order valence-electron chi connectivity index (χ2n) is 6.52. The van der Waals surface area contributed by atoms with Crippen molar-refractivity contribution >= 4 is 16.6 Å². The average Bonchev–Trinajstić information content (AvgIpc) is 2.59. The van der Waals surface area contributed by atoms with E-state index in [0.29, 0.717) is 5.78 Å². The van der Waals surface area contributed by atoms with E-state index >= 15 is 0 Å². The third-order valence-corrected chi connectivity index (χ3v) is 4.85. The quantitative estimate of drug-likeness (QED) is 0.646. The molecule has 0 bridgehead atoms. The van der Waals surface area contributed by atoms with E-state index in [1.54, 1.807) is 0 Å². The molecule has 2 aromatic rings. The van der Waals surface area contributed by atoms with Crippen molar-refractivity contribution in [2.45, 2.75) is 57.8 Å². The van der Waals surface area contributed by atoms with Crippen LogP contribution in [0.25, 0.3) is 10.8 Å². The van der Waals surface area contributed by atoms with Crippen LogP contribution in [0.5, 0.6) is 5.75 Å². The average molecular weight is 310 g/mol. The fraction of sp³-hybridized carbons (Fsp3) is 0.476. The van der Waals surface area contributed by atoms with Crippen LogP contribution < -0.4 is 4.74 Å². The van der Waals surface area contributed by atoms with Crippen molar-refractivity contribution in [2.75, 3.05) is 6.61 Å². The first kappa shape index (κ1) is 16.0. The highest BCUT2D eigenvalue weighted by atomic mass is 16.5. The molecule has 122 valence electrons. The molecule has 0 amide bonds. The number of rotatable bonds is 6. The molecule has 2 heteroatoms. The summed E-state index contributed by atoms with van der Waals surface area (Å²) in [4.78, 5) is 12.3. The van der Waals surface area contributed by atoms with Crippen molar-refractivity contribution in [3.8, 4) is 5.75 Å². The minimum absolute atomic E-state index is 0.0720. The molecule has 1 saturated carbocycles. The predicted octanol–water partition coefficient (Wildman–Crippen LogP) is 5.64. The van der Waals surface area contributed by atoms with E-state index < -0.39 is 0 Å². The lowest BCUT2D eigenvalue weighted by atomic mass is 9.81. The summed E-state index contributed by atoms with van der Waals surface area (Å²) in [6, 6.07) is 12.5. The molecule has 0 aliphatic heterocycles. The number of hydrogen-bond donors (Lipinski definition) is 0. The first-order chi connectivity index (χ1) is 11.3. The molecule has 0 N–H and O–H groups in total. The van der Waals surface area contributed by atoms with E-state index in [4.69, 9.17) is 4.74 Å². The van der Waals surface area contributed by atoms with Crippen LogP contribution >= 0.6 is 0 Å². The molecule has 2 aromatic carbocycles. The third kappa shape index (κ3) is 3.57. The van der Waals surface area contributed by atoms with Gasteiger partial charge < -0.3 is 4.74 Å². The Bertz CT molecular complexity index is 675. The van der Waals surface area contributed by atoms with Crippen molar-refractivity contribution in [3.63, 3.8) is 0 Å². The van der Waals surface area contributed by atoms with E-state index in [9.17, 15) is 4.79 Å². The summed E-state index contributed by atoms with van der Waals surface area (Å²) >= 11 is 0. The van der Waals surface area contributed by atoms with Gasteiger partial charge in [0.25, 0.3) is 0 Å². The van der Waals surface area contributed by atoms with Crippen LogP contribution in [0.2, 0.25) is 0 Å². The Kier molecular flexibility index (Phi) is 5.32. The van der Waals surface area contributed by atoms with E-state index in [1.165, 1.54) is 23.8 Å². The summed E-state index contributed by atoms with van der Waals surface area (Å²) < 4.78 is 6.01. The van der Waals surface area contributed by atoms with Crippen molar-refractivity contribution in [2.24, 2.45) is 0 Å². The molecule has 1 fully saturated rings. The Hall–Kier alpha value is -1.83. The standard InChI is InChI=1S/C21H26O2/c1-2-3-8-15-23-21-14-13-17(16-9-4-5-11-19(16)21)18-10-6-7-12-20(18)22/h4-5,9,11,13-14,18H,2-3,6-8,10,12,15H2,1H3. The van der Waals surface area contributed by atoms with Gasteiger partial charge in [0.05, 0.1) is 6.61 Å². The van der Waals surface area contributed by atoms with Gasteiger partial charge >= 0.3 is 0 Å². The van der Waals surface area contributed by atoms with Crippen molar-refractivity contribution in [1.29, 1.82) is 0 Å². The molecular formula is C21H26O2. The second kappa shape index (κ2) is 7.63. The number of ketones is 1. The predicted molar refractivity (Wildman–Crippen MR) is 95.2 cm³/mol. The lowest BCUT2D eigenvalue weighted by molar-refractivity contribution is -0.121. The van der Waals surface area contributed by atoms with Gasteiger partial charge in [-0.1, -0.05) is 56.5 Å². The number of carbonyl (C=O) groups is 1. The summed E-state index contributed by atoms with van der Waals surface area (Å²) in [5, 5.41) is 2.32. The molecule has 1 atom stereocenters. The topological polar surface area (TPSA) is 26.3 Å². The first-order valence-corrected chi connectivity index (χ1v) is 8.98. The zero-order valence-electron chi connectivity index (χ0n) is 14.0. The lowest BCUT2D eigenvalue weighted by Gasteiger charge is -2.23. The maximum absolute atomic E-state index is 12.3. The van der Waals surface area contributed by atoms with Crippen LogP contribution in [0.15, 0.2) is 36.4 Å². The molecule has 0 spiro atoms. The van der Waals surface area contributed by atoms with Crippen LogP contribution in [0.1, 0.15) is 63.4 Å². The molecule has 0 radical (unpaired) electrons. The maximum atomic E-state index is 12.3. The number of ether oxygens (including phenoxy) is 1. The highest BCUT2D eigenvalue weighted by molar-refractivity contribution is 5.96. The van der Waals surface area contributed by atoms with Crippen molar-refractivity contribution < 1.29 is 9.53 Å². The molecule has 1 aliphatic rings. The molecular weight excluding hydrogens is 284 g/mol. The Morgan fingerprint density at radius 1 is 1.04 bits per heavy atom. The number of fused-ring (bicyclic) bond motifs is 1. The Morgan fingerprint density at radius 2 is 1.87 bits per heavy atom. The number of unbranched alkanes of at least 4 members (excludes halogenated alkanes) is 2. The molecule has 0 aromatic heterocycles. The van der Waals surface area contributed by atoms with Gasteiger partial charge in [0.15, 0.2) is 0 Å². The van der Waals surface area contributed by atoms with Crippen molar-refractivity contribution in [1.82, 2.24) is 0 Å². The number of benzene rings is 2. The fourth-order valence-corrected chi connectivity index (χ4v) is 3.57. The molecule has 1 unspecified atom stereocenters. The monoisotopic (exact) mass is 310 g/mol. The molecule has 3 rings (SSSR count). The molecule has 2 nitrogen and oxygen atoms in total. The van der Waals surface area contributed by atoms with Gasteiger partial charge in [0.2, 0.25) is 0 Å². The molecule has 0 heterocycles. The minimum atomic E-state index is 0.0720. The van der Waals surface area contributed by atoms with Gasteiger partial charge in [0.1, 0.15) is 11.5 Å². The summed E-state index contributed by atoms with van der Waals surface area (Å²) in [6.07, 6.45) is 7.41. The third-order valence-electron chi connectivity index (χ3n) is 4.85. The van der Waals surface area contributed by atoms with Crippen LogP contribution in [-0.4, -0.2) is 12.4 Å². The number of carbonyl (C=O) groups excluding carboxylic acids is 1. The number of Topliss-reactive ketones (excluding diaryl/α,β-unsaturated/α-hetero) is 1. The lowest BCUT2D eigenvalue weighted by Crippen LogP contribution is -2.17. The van der Waals surface area contributed by atoms with Crippen molar-refractivity contribution in [3.05, 3.63) is 42.0 Å². The second-order valence-corrected chi connectivity index (χ2v) is 6.52. The Balaban J connectivity index is 1.90. The Labute approximate surface area is 138 Å². The van der Waals surface area contributed by atoms with E-state index in [1.807, 2.05) is 6.07 Å². The zero-order chi connectivity index (χ0) is 16.1. The highest BCUT2D eigenvalue weighted by Crippen LogP contribution is 2.37. The maximum Gasteiger partial charge on any atom is 0.140 e. The van der Waals surface area contributed by atoms with E-state index in [0.717, 1.165) is 49.8 Å². The molecule has 23 heavy (non-hydrogen) atoms. The molecule has 1 aliphatic carbocycles. The SMILES string of the molecule is CCCCCOc1ccc(C2CCCCC2=O)c2ccccc12. The van der Waals surface area contributed by atoms with Gasteiger partial charge in [-0.2, -0.15) is 0 Å². The van der Waals surface area contributed by atoms with Crippen LogP contribution in [0.4, 0.5) is 0 Å². The summed E-state index contributed by atoms with van der Waals surface area (Å²) in [7, 11) is 0. The highest BCUT2D eigenvalue weighted by Gasteiger charge is 2.25. The summed E-state index contributed by atoms with van der Waals surface area (Å²) in [6.45, 7) is 2.96. The normalized spacial score (nSPS) is 18.3. The fourth-order valence-electron chi connectivity index (χ4n) is 3.57. The van der Waals surface area contributed by atoms with Gasteiger partial charge in [-0.3, -0.25) is 4.79 Å². The van der Waals surface area contributed by atoms with Gasteiger partial charge in [-0.25, -0.2) is 0 Å². The summed E-state index contributed by atoms with van der Waals surface area (Å²) in [5.41, 5.74) is 1.19.